The quantitative estimate of drug-likeness (QED) is 0.123. The molecule has 0 amide bonds. The van der Waals surface area contributed by atoms with Crippen molar-refractivity contribution in [1.29, 1.82) is 0 Å². The topological polar surface area (TPSA) is 0 Å². The van der Waals surface area contributed by atoms with Crippen LogP contribution in [0.25, 0.3) is 137 Å². The van der Waals surface area contributed by atoms with Crippen molar-refractivity contribution in [3.8, 4) is 22.3 Å². The van der Waals surface area contributed by atoms with Gasteiger partial charge in [0.15, 0.2) is 0 Å². The van der Waals surface area contributed by atoms with Gasteiger partial charge in [-0.05, 0) is 156 Å². The van der Waals surface area contributed by atoms with Crippen molar-refractivity contribution in [3.63, 3.8) is 0 Å². The molecule has 0 spiro atoms. The lowest BCUT2D eigenvalue weighted by atomic mass is 9.81. The summed E-state index contributed by atoms with van der Waals surface area (Å²) in [4.78, 5) is 0. The van der Waals surface area contributed by atoms with Gasteiger partial charge in [-0.2, -0.15) is 0 Å². The summed E-state index contributed by atoms with van der Waals surface area (Å²) in [6.07, 6.45) is 19.8. The third-order valence-electron chi connectivity index (χ3n) is 14.2. The van der Waals surface area contributed by atoms with Crippen molar-refractivity contribution in [2.75, 3.05) is 0 Å². The van der Waals surface area contributed by atoms with E-state index in [1.165, 1.54) is 141 Å². The van der Waals surface area contributed by atoms with E-state index in [0.717, 1.165) is 12.8 Å². The molecule has 290 valence electrons. The van der Waals surface area contributed by atoms with Crippen molar-refractivity contribution in [2.24, 2.45) is 0 Å². The van der Waals surface area contributed by atoms with Crippen LogP contribution in [0.3, 0.4) is 0 Å². The largest absolute Gasteiger partial charge is 0.111 e. The molecule has 0 aliphatic heterocycles. The Morgan fingerprint density at radius 3 is 1.62 bits per heavy atom. The smallest absolute Gasteiger partial charge is 0.0328 e. The molecule has 0 nitrogen and oxygen atoms in total. The number of benzene rings is 12. The highest BCUT2D eigenvalue weighted by Gasteiger charge is 2.24. The minimum absolute atomic E-state index is 0.873. The summed E-state index contributed by atoms with van der Waals surface area (Å²) < 4.78 is 0. The Labute approximate surface area is 364 Å². The van der Waals surface area contributed by atoms with Gasteiger partial charge in [-0.3, -0.25) is 0 Å². The average molecular weight is 795 g/mol. The molecule has 0 heterocycles. The zero-order chi connectivity index (χ0) is 41.2. The molecule has 12 aromatic rings. The van der Waals surface area contributed by atoms with Crippen molar-refractivity contribution >= 4 is 114 Å². The minimum Gasteiger partial charge on any atom is -0.111 e. The van der Waals surface area contributed by atoms with Gasteiger partial charge in [0.05, 0.1) is 0 Å². The van der Waals surface area contributed by atoms with Gasteiger partial charge in [-0.15, -0.1) is 5.73 Å². The highest BCUT2D eigenvalue weighted by atomic mass is 14.3. The minimum atomic E-state index is 0.873. The Bertz CT molecular complexity index is 4160. The van der Waals surface area contributed by atoms with Gasteiger partial charge >= 0.3 is 0 Å². The van der Waals surface area contributed by atoms with Crippen LogP contribution in [0.1, 0.15) is 24.0 Å². The summed E-state index contributed by atoms with van der Waals surface area (Å²) >= 11 is 0. The fraction of sp³-hybridized carbons (Fsp3) is 0.0317. The van der Waals surface area contributed by atoms with Gasteiger partial charge < -0.3 is 0 Å². The van der Waals surface area contributed by atoms with Crippen LogP contribution in [0.15, 0.2) is 200 Å². The number of allylic oxidation sites excluding steroid dienone is 8. The Hall–Kier alpha value is -8.02. The number of rotatable bonds is 3. The Balaban J connectivity index is 1.12. The monoisotopic (exact) mass is 794 g/mol. The van der Waals surface area contributed by atoms with Crippen molar-refractivity contribution in [3.05, 3.63) is 217 Å². The van der Waals surface area contributed by atoms with E-state index in [2.05, 4.69) is 212 Å². The molecule has 0 saturated heterocycles. The Kier molecular flexibility index (Phi) is 7.28. The maximum atomic E-state index is 3.81. The van der Waals surface area contributed by atoms with E-state index in [4.69, 9.17) is 0 Å². The van der Waals surface area contributed by atoms with Gasteiger partial charge in [0.25, 0.3) is 0 Å². The predicted octanol–water partition coefficient (Wildman–Crippen LogP) is 16.8. The zero-order valence-electron chi connectivity index (χ0n) is 34.5. The zero-order valence-corrected chi connectivity index (χ0v) is 34.5. The molecule has 0 unspecified atom stereocenters. The maximum absolute atomic E-state index is 3.81. The molecule has 0 saturated carbocycles. The third-order valence-corrected chi connectivity index (χ3v) is 14.2. The molecule has 12 aromatic carbocycles. The molecule has 2 aliphatic rings. The van der Waals surface area contributed by atoms with E-state index in [-0.39, 0.29) is 0 Å². The van der Waals surface area contributed by atoms with Crippen LogP contribution in [0.5, 0.6) is 0 Å². The van der Waals surface area contributed by atoms with Crippen LogP contribution in [-0.2, 0) is 0 Å². The third kappa shape index (κ3) is 4.87. The first kappa shape index (κ1) is 34.7. The van der Waals surface area contributed by atoms with E-state index in [9.17, 15) is 0 Å². The lowest BCUT2D eigenvalue weighted by molar-refractivity contribution is 1.35. The molecule has 0 heteroatoms. The number of hydrogen-bond acceptors (Lipinski definition) is 0. The molecular weight excluding hydrogens is 757 g/mol. The van der Waals surface area contributed by atoms with Gasteiger partial charge in [-0.25, -0.2) is 0 Å². The molecule has 0 N–H and O–H groups in total. The predicted molar refractivity (Wildman–Crippen MR) is 274 cm³/mol. The first-order valence-electron chi connectivity index (χ1n) is 22.2. The van der Waals surface area contributed by atoms with Crippen LogP contribution in [0.2, 0.25) is 0 Å². The lowest BCUT2D eigenvalue weighted by Crippen LogP contribution is -2.03. The molecule has 14 rings (SSSR count). The standard InChI is InChI=1S/C63H38/c1-2-4-6-15-38(16-7-5-3-1)41-29-30-56-57(37-41)63(55-36-33-52-45-26-13-20-40-19-12-25-44(59(40)45)51-32-35-54(55)62(51)52)47-22-9-8-21-46(47)61(56)53-34-31-50-43-24-11-18-39-17-10-23-42(58(39)43)48-27-14-28-49(53)60(48)50/h1-4,7-31,33-37H,5-6H2. The van der Waals surface area contributed by atoms with E-state index in [0.29, 0.717) is 0 Å². The maximum Gasteiger partial charge on any atom is 0.0328 e. The highest BCUT2D eigenvalue weighted by molar-refractivity contribution is 6.36. The summed E-state index contributed by atoms with van der Waals surface area (Å²) in [5, 5.41) is 24.5. The van der Waals surface area contributed by atoms with Gasteiger partial charge in [-0.1, -0.05) is 194 Å². The first-order chi connectivity index (χ1) is 31.3. The SMILES string of the molecule is C1=Cc2c(-c3c4ccccc4c(-c4ccc5c6cccc7cccc(c8cccc4c85)c76)c4ccc(C5=CCC=CC=CCC=C5)cc34)ccc3c2c=1c1cccc2cccc3c21. The van der Waals surface area contributed by atoms with E-state index in [1.54, 1.807) is 0 Å². The summed E-state index contributed by atoms with van der Waals surface area (Å²) in [6.45, 7) is 0. The fourth-order valence-electron chi connectivity index (χ4n) is 11.6. The summed E-state index contributed by atoms with van der Waals surface area (Å²) in [7, 11) is 0. The average Bonchev–Trinajstić information content (AvgIpc) is 3.79. The fourth-order valence-corrected chi connectivity index (χ4v) is 11.6. The molecular formula is C63H38. The van der Waals surface area contributed by atoms with Crippen molar-refractivity contribution in [2.45, 2.75) is 12.8 Å². The number of fused-ring (bicyclic) bond motifs is 6. The normalized spacial score (nSPS) is 13.9. The van der Waals surface area contributed by atoms with E-state index >= 15 is 0 Å². The molecule has 0 fully saturated rings. The van der Waals surface area contributed by atoms with Crippen molar-refractivity contribution in [1.82, 2.24) is 0 Å². The molecule has 63 heavy (non-hydrogen) atoms. The Morgan fingerprint density at radius 1 is 0.365 bits per heavy atom. The second kappa shape index (κ2) is 13.2. The van der Waals surface area contributed by atoms with Crippen LogP contribution >= 0.6 is 0 Å². The summed E-state index contributed by atoms with van der Waals surface area (Å²) in [5.41, 5.74) is 12.6. The molecule has 0 radical (unpaired) electrons. The van der Waals surface area contributed by atoms with Gasteiger partial charge in [0, 0.05) is 10.6 Å². The van der Waals surface area contributed by atoms with Crippen LogP contribution in [0, 0.1) is 0 Å². The summed E-state index contributed by atoms with van der Waals surface area (Å²) in [5.74, 6) is 0. The van der Waals surface area contributed by atoms with Crippen molar-refractivity contribution < 1.29 is 0 Å². The molecule has 0 atom stereocenters. The first-order valence-corrected chi connectivity index (χ1v) is 22.2. The second-order valence-electron chi connectivity index (χ2n) is 17.4. The van der Waals surface area contributed by atoms with Crippen LogP contribution in [0.4, 0.5) is 0 Å². The van der Waals surface area contributed by atoms with Gasteiger partial charge in [0.1, 0.15) is 0 Å². The van der Waals surface area contributed by atoms with Crippen LogP contribution in [-0.4, -0.2) is 0 Å². The van der Waals surface area contributed by atoms with E-state index in [1.807, 2.05) is 0 Å². The lowest BCUT2D eigenvalue weighted by Gasteiger charge is -2.22. The van der Waals surface area contributed by atoms with E-state index < -0.39 is 0 Å². The molecule has 0 aromatic heterocycles. The summed E-state index contributed by atoms with van der Waals surface area (Å²) in [6, 6.07) is 59.9. The molecule has 2 aliphatic carbocycles. The number of hydrogen-bond donors (Lipinski definition) is 0. The second-order valence-corrected chi connectivity index (χ2v) is 17.4. The molecule has 0 bridgehead atoms. The van der Waals surface area contributed by atoms with Crippen LogP contribution < -0.4 is 5.22 Å². The Morgan fingerprint density at radius 2 is 0.889 bits per heavy atom. The highest BCUT2D eigenvalue weighted by Crippen LogP contribution is 2.50. The van der Waals surface area contributed by atoms with Gasteiger partial charge in [0.2, 0.25) is 0 Å².